The zero-order valence-corrected chi connectivity index (χ0v) is 18.7. The maximum atomic E-state index is 14.3. The van der Waals surface area contributed by atoms with Gasteiger partial charge in [0.25, 0.3) is 0 Å². The van der Waals surface area contributed by atoms with E-state index in [0.717, 1.165) is 36.1 Å². The third-order valence-electron chi connectivity index (χ3n) is 6.31. The molecule has 6 heteroatoms. The van der Waals surface area contributed by atoms with Crippen LogP contribution in [0.5, 0.6) is 0 Å². The van der Waals surface area contributed by atoms with Gasteiger partial charge >= 0.3 is 0 Å². The normalized spacial score (nSPS) is 18.6. The molecule has 1 amide bonds. The molecule has 4 rings (SSSR count). The first kappa shape index (κ1) is 22.8. The number of hydrogen-bond donors (Lipinski definition) is 1. The molecule has 1 aliphatic heterocycles. The third-order valence-corrected chi connectivity index (χ3v) is 6.31. The van der Waals surface area contributed by atoms with Crippen molar-refractivity contribution in [3.63, 3.8) is 0 Å². The monoisotopic (exact) mass is 444 g/mol. The van der Waals surface area contributed by atoms with Gasteiger partial charge in [-0.25, -0.2) is 14.4 Å². The van der Waals surface area contributed by atoms with Crippen LogP contribution in [0, 0.1) is 11.2 Å². The summed E-state index contributed by atoms with van der Waals surface area (Å²) in [5, 5.41) is 3.04. The Hall–Kier alpha value is -3.38. The van der Waals surface area contributed by atoms with Gasteiger partial charge in [0.1, 0.15) is 12.1 Å². The Morgan fingerprint density at radius 3 is 2.61 bits per heavy atom. The van der Waals surface area contributed by atoms with Gasteiger partial charge < -0.3 is 5.32 Å². The number of hydrogen-bond acceptors (Lipinski definition) is 4. The predicted octanol–water partition coefficient (Wildman–Crippen LogP) is 4.41. The number of aromatic nitrogens is 2. The Morgan fingerprint density at radius 2 is 1.85 bits per heavy atom. The lowest BCUT2D eigenvalue weighted by Crippen LogP contribution is -2.53. The molecule has 1 fully saturated rings. The van der Waals surface area contributed by atoms with Crippen molar-refractivity contribution in [3.8, 4) is 11.1 Å². The number of nitrogens with one attached hydrogen (secondary N) is 1. The van der Waals surface area contributed by atoms with Crippen LogP contribution in [0.25, 0.3) is 11.1 Å². The third kappa shape index (κ3) is 5.34. The molecule has 5 nitrogen and oxygen atoms in total. The van der Waals surface area contributed by atoms with Crippen LogP contribution in [-0.2, 0) is 17.8 Å². The maximum absolute atomic E-state index is 14.3. The molecule has 1 atom stereocenters. The van der Waals surface area contributed by atoms with Crippen LogP contribution in [-0.4, -0.2) is 40.4 Å². The second kappa shape index (κ2) is 10.5. The summed E-state index contributed by atoms with van der Waals surface area (Å²) in [7, 11) is 0. The zero-order valence-electron chi connectivity index (χ0n) is 18.7. The van der Waals surface area contributed by atoms with Crippen LogP contribution in [0.15, 0.2) is 79.9 Å². The van der Waals surface area contributed by atoms with Crippen molar-refractivity contribution >= 4 is 5.91 Å². The van der Waals surface area contributed by atoms with Gasteiger partial charge in [-0.1, -0.05) is 48.5 Å². The minimum Gasteiger partial charge on any atom is -0.352 e. The fourth-order valence-electron chi connectivity index (χ4n) is 4.75. The molecule has 1 saturated heterocycles. The van der Waals surface area contributed by atoms with Crippen molar-refractivity contribution in [3.05, 3.63) is 96.9 Å². The first-order chi connectivity index (χ1) is 16.1. The molecule has 1 unspecified atom stereocenters. The van der Waals surface area contributed by atoms with Gasteiger partial charge in [-0.05, 0) is 43.0 Å². The van der Waals surface area contributed by atoms with Crippen molar-refractivity contribution in [2.45, 2.75) is 25.8 Å². The van der Waals surface area contributed by atoms with Crippen LogP contribution in [0.3, 0.4) is 0 Å². The maximum Gasteiger partial charge on any atom is 0.228 e. The molecule has 2 aromatic carbocycles. The molecule has 0 bridgehead atoms. The van der Waals surface area contributed by atoms with E-state index in [0.29, 0.717) is 31.6 Å². The van der Waals surface area contributed by atoms with Gasteiger partial charge in [0, 0.05) is 43.2 Å². The van der Waals surface area contributed by atoms with Crippen molar-refractivity contribution in [1.82, 2.24) is 20.2 Å². The van der Waals surface area contributed by atoms with Crippen molar-refractivity contribution < 1.29 is 9.18 Å². The van der Waals surface area contributed by atoms with Gasteiger partial charge in [-0.15, -0.1) is 6.58 Å². The van der Waals surface area contributed by atoms with Crippen LogP contribution in [0.1, 0.15) is 24.0 Å². The Morgan fingerprint density at radius 1 is 1.12 bits per heavy atom. The minimum atomic E-state index is -0.627. The number of halogens is 1. The van der Waals surface area contributed by atoms with Gasteiger partial charge in [-0.3, -0.25) is 9.69 Å². The number of likely N-dealkylation sites (tertiary alicyclic amines) is 1. The summed E-state index contributed by atoms with van der Waals surface area (Å²) in [5.41, 5.74) is 3.06. The van der Waals surface area contributed by atoms with Crippen molar-refractivity contribution in [2.24, 2.45) is 5.41 Å². The molecule has 170 valence electrons. The van der Waals surface area contributed by atoms with Gasteiger partial charge in [-0.2, -0.15) is 0 Å². The number of amides is 1. The highest BCUT2D eigenvalue weighted by molar-refractivity contribution is 5.84. The second-order valence-electron chi connectivity index (χ2n) is 8.65. The Labute approximate surface area is 194 Å². The first-order valence-electron chi connectivity index (χ1n) is 11.3. The minimum absolute atomic E-state index is 0.0137. The van der Waals surface area contributed by atoms with E-state index in [-0.39, 0.29) is 11.7 Å². The molecule has 1 aliphatic rings. The van der Waals surface area contributed by atoms with E-state index in [1.54, 1.807) is 24.5 Å². The summed E-state index contributed by atoms with van der Waals surface area (Å²) in [5.74, 6) is -0.195. The summed E-state index contributed by atoms with van der Waals surface area (Å²) in [6.45, 7) is 6.03. The van der Waals surface area contributed by atoms with Gasteiger partial charge in [0.2, 0.25) is 5.91 Å². The summed E-state index contributed by atoms with van der Waals surface area (Å²) < 4.78 is 14.3. The number of carbonyl (C=O) groups excluding carboxylic acids is 1. The average molecular weight is 445 g/mol. The molecular formula is C27H29FN4O. The molecular weight excluding hydrogens is 415 g/mol. The second-order valence-corrected chi connectivity index (χ2v) is 8.65. The fraction of sp³-hybridized carbons (Fsp3) is 0.296. The summed E-state index contributed by atoms with van der Waals surface area (Å²) in [6.07, 6.45) is 9.01. The van der Waals surface area contributed by atoms with Crippen molar-refractivity contribution in [2.75, 3.05) is 19.6 Å². The number of carbonyl (C=O) groups is 1. The number of piperidine rings is 1. The lowest BCUT2D eigenvalue weighted by atomic mass is 9.73. The number of rotatable bonds is 8. The highest BCUT2D eigenvalue weighted by Gasteiger charge is 2.42. The highest BCUT2D eigenvalue weighted by Crippen LogP contribution is 2.37. The molecule has 33 heavy (non-hydrogen) atoms. The SMILES string of the molecule is C=CCNC(=O)C1(Cc2ccccc2-c2cncnc2)CCCN(Cc2ccccc2F)C1. The van der Waals surface area contributed by atoms with Crippen LogP contribution in [0.2, 0.25) is 0 Å². The number of nitrogens with zero attached hydrogens (tertiary/aromatic N) is 3. The van der Waals surface area contributed by atoms with Crippen LogP contribution in [0.4, 0.5) is 4.39 Å². The lowest BCUT2D eigenvalue weighted by molar-refractivity contribution is -0.134. The first-order valence-corrected chi connectivity index (χ1v) is 11.3. The Kier molecular flexibility index (Phi) is 7.25. The molecule has 0 aliphatic carbocycles. The number of benzene rings is 2. The molecule has 0 radical (unpaired) electrons. The Bertz CT molecular complexity index is 1100. The van der Waals surface area contributed by atoms with E-state index in [2.05, 4.69) is 32.8 Å². The highest BCUT2D eigenvalue weighted by atomic mass is 19.1. The average Bonchev–Trinajstić information content (AvgIpc) is 2.85. The quantitative estimate of drug-likeness (QED) is 0.523. The van der Waals surface area contributed by atoms with E-state index in [9.17, 15) is 9.18 Å². The summed E-state index contributed by atoms with van der Waals surface area (Å²) in [4.78, 5) is 24.0. The molecule has 1 aromatic heterocycles. The van der Waals surface area contributed by atoms with E-state index in [1.165, 1.54) is 12.4 Å². The van der Waals surface area contributed by atoms with Gasteiger partial charge in [0.15, 0.2) is 0 Å². The standard InChI is InChI=1S/C27H29FN4O/c1-2-13-31-26(33)27(12-7-14-32(19-27)18-22-9-4-6-11-25(22)28)15-21-8-3-5-10-24(21)23-16-29-20-30-17-23/h2-6,8-11,16-17,20H,1,7,12-15,18-19H2,(H,31,33). The van der Waals surface area contributed by atoms with E-state index < -0.39 is 5.41 Å². The molecule has 0 spiro atoms. The lowest BCUT2D eigenvalue weighted by Gasteiger charge is -2.42. The molecule has 1 N–H and O–H groups in total. The smallest absolute Gasteiger partial charge is 0.228 e. The summed E-state index contributed by atoms with van der Waals surface area (Å²) in [6, 6.07) is 15.0. The fourth-order valence-corrected chi connectivity index (χ4v) is 4.75. The van der Waals surface area contributed by atoms with Crippen LogP contribution < -0.4 is 5.32 Å². The predicted molar refractivity (Wildman–Crippen MR) is 128 cm³/mol. The zero-order chi connectivity index (χ0) is 23.1. The van der Waals surface area contributed by atoms with E-state index in [4.69, 9.17) is 0 Å². The molecule has 0 saturated carbocycles. The van der Waals surface area contributed by atoms with Crippen molar-refractivity contribution in [1.29, 1.82) is 0 Å². The van der Waals surface area contributed by atoms with Crippen LogP contribution >= 0.6 is 0 Å². The van der Waals surface area contributed by atoms with E-state index in [1.807, 2.05) is 30.3 Å². The largest absolute Gasteiger partial charge is 0.352 e. The summed E-state index contributed by atoms with van der Waals surface area (Å²) >= 11 is 0. The molecule has 2 heterocycles. The Balaban J connectivity index is 1.65. The van der Waals surface area contributed by atoms with E-state index >= 15 is 0 Å². The van der Waals surface area contributed by atoms with Gasteiger partial charge in [0.05, 0.1) is 5.41 Å². The topological polar surface area (TPSA) is 58.1 Å². The molecule has 3 aromatic rings.